The summed E-state index contributed by atoms with van der Waals surface area (Å²) in [6.07, 6.45) is -2.40. The second-order valence-electron chi connectivity index (χ2n) is 17.7. The summed E-state index contributed by atoms with van der Waals surface area (Å²) in [6.45, 7) is 19.6. The predicted molar refractivity (Wildman–Crippen MR) is 234 cm³/mol. The number of aliphatic hydroxyl groups excluding tert-OH is 1. The van der Waals surface area contributed by atoms with Gasteiger partial charge in [0.1, 0.15) is 39.3 Å². The number of hydrogen-bond donors (Lipinski definition) is 1. The lowest BCUT2D eigenvalue weighted by Crippen LogP contribution is -2.60. The number of rotatable bonds is 23. The molecule has 13 heteroatoms. The summed E-state index contributed by atoms with van der Waals surface area (Å²) in [7, 11) is 0.125. The first-order chi connectivity index (χ1) is 27.8. The van der Waals surface area contributed by atoms with Crippen molar-refractivity contribution in [3.8, 4) is 11.5 Å². The van der Waals surface area contributed by atoms with Crippen molar-refractivity contribution in [1.82, 2.24) is 0 Å². The normalized spacial score (nSPS) is 22.3. The minimum Gasteiger partial charge on any atom is -0.389 e. The Labute approximate surface area is 357 Å². The van der Waals surface area contributed by atoms with Crippen LogP contribution >= 0.6 is 0 Å². The molecule has 2 aromatic rings. The largest absolute Gasteiger partial charge is 0.389 e. The lowest BCUT2D eigenvalue weighted by Gasteiger charge is -2.49. The number of aliphatic hydroxyl groups is 1. The van der Waals surface area contributed by atoms with Crippen LogP contribution in [0.2, 0.25) is 18.1 Å². The number of benzene rings is 2. The zero-order chi connectivity index (χ0) is 44.0. The maximum Gasteiger partial charge on any atom is 0.184 e. The Morgan fingerprint density at radius 2 is 1.46 bits per heavy atom. The summed E-state index contributed by atoms with van der Waals surface area (Å²) in [5.74, 6) is 1.19. The molecule has 1 aliphatic heterocycles. The topological polar surface area (TPSA) is 128 Å². The van der Waals surface area contributed by atoms with Crippen molar-refractivity contribution in [1.29, 1.82) is 0 Å². The van der Waals surface area contributed by atoms with E-state index in [2.05, 4.69) is 45.3 Å². The van der Waals surface area contributed by atoms with E-state index in [1.807, 2.05) is 58.0 Å². The maximum atomic E-state index is 14.8. The predicted octanol–water partition coefficient (Wildman–Crippen LogP) is 8.02. The first kappa shape index (κ1) is 51.2. The summed E-state index contributed by atoms with van der Waals surface area (Å²) in [5.41, 5.74) is 4.63. The van der Waals surface area contributed by atoms with Gasteiger partial charge < -0.3 is 43.0 Å². The number of hydrogen-bond acceptors (Lipinski definition) is 11. The highest BCUT2D eigenvalue weighted by molar-refractivity contribution is 7.92. The van der Waals surface area contributed by atoms with Crippen molar-refractivity contribution in [2.75, 3.05) is 48.4 Å². The molecule has 0 saturated carbocycles. The minimum absolute atomic E-state index is 0.0440. The highest BCUT2D eigenvalue weighted by atomic mass is 32.2. The molecule has 1 heterocycles. The molecule has 3 rings (SSSR count). The maximum absolute atomic E-state index is 14.8. The van der Waals surface area contributed by atoms with Crippen LogP contribution in [0.15, 0.2) is 65.6 Å². The van der Waals surface area contributed by atoms with Gasteiger partial charge in [0.25, 0.3) is 0 Å². The van der Waals surface area contributed by atoms with Gasteiger partial charge in [-0.3, -0.25) is 0 Å². The van der Waals surface area contributed by atoms with Crippen LogP contribution in [0, 0.1) is 23.3 Å². The monoisotopic (exact) mass is 862 g/mol. The third kappa shape index (κ3) is 14.2. The van der Waals surface area contributed by atoms with Crippen LogP contribution < -0.4 is 0 Å². The van der Waals surface area contributed by atoms with Crippen LogP contribution in [0.25, 0.3) is 0 Å². The molecular weight excluding hydrogens is 789 g/mol. The molecule has 2 unspecified atom stereocenters. The summed E-state index contributed by atoms with van der Waals surface area (Å²) in [4.78, 5) is 0.100. The Morgan fingerprint density at radius 3 is 2.02 bits per heavy atom. The van der Waals surface area contributed by atoms with E-state index in [0.29, 0.717) is 26.1 Å². The van der Waals surface area contributed by atoms with Gasteiger partial charge in [-0.25, -0.2) is 8.42 Å². The highest BCUT2D eigenvalue weighted by Gasteiger charge is 2.53. The molecule has 10 atom stereocenters. The Balaban J connectivity index is 1.92. The van der Waals surface area contributed by atoms with E-state index in [-0.39, 0.29) is 28.7 Å². The van der Waals surface area contributed by atoms with Gasteiger partial charge in [-0.1, -0.05) is 115 Å². The zero-order valence-corrected chi connectivity index (χ0v) is 39.8. The third-order valence-corrected chi connectivity index (χ3v) is 18.9. The van der Waals surface area contributed by atoms with Crippen molar-refractivity contribution in [2.45, 2.75) is 151 Å². The molecular formula is C46H74O11SSi. The standard InChI is InChI=1S/C46H74O11SSi/c1-33-41(56-46(6,7)57-42(33)39(52-10)28-31-59(12,13)45(3,4)5)34(2)44(58(48,49)36-24-18-15-19-25-36)40(47)43(53-11)38(51-9)27-21-20-26-37(35-22-16-14-17-23-35)55-32-54-30-29-50-8/h14-19,22-25,33-34,37-44,47H,20-21,26-27,29-30,32H2,1-13H3/t33-,34-,37+,38+,39+,40?,41-,42+,43+,44?/m1/s1. The summed E-state index contributed by atoms with van der Waals surface area (Å²) in [5, 5.41) is 11.2. The molecule has 334 valence electrons. The highest BCUT2D eigenvalue weighted by Crippen LogP contribution is 2.41. The van der Waals surface area contributed by atoms with Gasteiger partial charge in [-0.2, -0.15) is 0 Å². The van der Waals surface area contributed by atoms with Gasteiger partial charge >= 0.3 is 0 Å². The Kier molecular flexibility index (Phi) is 20.2. The Hall–Kier alpha value is -2.19. The van der Waals surface area contributed by atoms with Gasteiger partial charge in [0.15, 0.2) is 15.6 Å². The van der Waals surface area contributed by atoms with Gasteiger partial charge in [0, 0.05) is 40.3 Å². The van der Waals surface area contributed by atoms with Crippen LogP contribution in [0.3, 0.4) is 0 Å². The molecule has 0 aliphatic carbocycles. The van der Waals surface area contributed by atoms with E-state index >= 15 is 0 Å². The van der Waals surface area contributed by atoms with Crippen molar-refractivity contribution in [3.05, 3.63) is 66.2 Å². The fraction of sp³-hybridized carbons (Fsp3) is 0.696. The molecule has 1 aliphatic rings. The van der Waals surface area contributed by atoms with Gasteiger partial charge in [0.2, 0.25) is 0 Å². The number of sulfone groups is 1. The smallest absolute Gasteiger partial charge is 0.184 e. The van der Waals surface area contributed by atoms with E-state index in [1.165, 1.54) is 7.11 Å². The average molecular weight is 863 g/mol. The Morgan fingerprint density at radius 1 is 0.864 bits per heavy atom. The number of ether oxygens (including phenoxy) is 8. The zero-order valence-electron chi connectivity index (χ0n) is 37.9. The van der Waals surface area contributed by atoms with Crippen LogP contribution in [0.1, 0.15) is 85.8 Å². The second kappa shape index (κ2) is 23.3. The molecule has 1 N–H and O–H groups in total. The first-order valence-electron chi connectivity index (χ1n) is 20.9. The molecule has 2 aromatic carbocycles. The van der Waals surface area contributed by atoms with Crippen molar-refractivity contribution in [2.24, 2.45) is 11.8 Å². The van der Waals surface area contributed by atoms with Gasteiger partial charge in [-0.05, 0) is 49.4 Å². The lowest BCUT2D eigenvalue weighted by molar-refractivity contribution is -0.337. The molecule has 0 bridgehead atoms. The fourth-order valence-corrected chi connectivity index (χ4v) is 10.6. The van der Waals surface area contributed by atoms with Gasteiger partial charge in [0.05, 0.1) is 41.7 Å². The second-order valence-corrected chi connectivity index (χ2v) is 24.8. The SMILES string of the molecule is COCCOCO[C@@H](CCCC[C@H](OC)[C@H](OC)C(O)C([C@H](C)[C@@H]1OC(C)(C)O[C@H]([C@H](C#C[Si](C)(C)C(C)(C)C)OC)[C@@H]1C)S(=O)(=O)c1ccccc1)c1ccccc1. The number of methoxy groups -OCH3 is 4. The molecule has 1 saturated heterocycles. The number of unbranched alkanes of at least 4 members (excludes halogenated alkanes) is 1. The van der Waals surface area contributed by atoms with E-state index in [1.54, 1.807) is 51.7 Å². The molecule has 0 amide bonds. The molecule has 0 aromatic heterocycles. The minimum atomic E-state index is -4.17. The van der Waals surface area contributed by atoms with Crippen LogP contribution in [0.4, 0.5) is 0 Å². The molecule has 0 radical (unpaired) electrons. The quantitative estimate of drug-likeness (QED) is 0.0505. The lowest BCUT2D eigenvalue weighted by atomic mass is 9.81. The third-order valence-electron chi connectivity index (χ3n) is 12.1. The average Bonchev–Trinajstić information content (AvgIpc) is 3.19. The van der Waals surface area contributed by atoms with Crippen LogP contribution in [0.5, 0.6) is 0 Å². The summed E-state index contributed by atoms with van der Waals surface area (Å²) >= 11 is 0. The van der Waals surface area contributed by atoms with Crippen LogP contribution in [-0.4, -0.2) is 118 Å². The first-order valence-corrected chi connectivity index (χ1v) is 25.5. The summed E-state index contributed by atoms with van der Waals surface area (Å²) in [6, 6.07) is 18.3. The van der Waals surface area contributed by atoms with E-state index < -0.39 is 71.5 Å². The molecule has 11 nitrogen and oxygen atoms in total. The fourth-order valence-electron chi connectivity index (χ4n) is 7.59. The molecule has 0 spiro atoms. The molecule has 1 fully saturated rings. The van der Waals surface area contributed by atoms with Crippen LogP contribution in [-0.2, 0) is 47.7 Å². The van der Waals surface area contributed by atoms with Crippen molar-refractivity contribution >= 4 is 17.9 Å². The van der Waals surface area contributed by atoms with E-state index in [0.717, 1.165) is 18.4 Å². The van der Waals surface area contributed by atoms with Crippen molar-refractivity contribution in [3.63, 3.8) is 0 Å². The van der Waals surface area contributed by atoms with E-state index in [9.17, 15) is 13.5 Å². The Bertz CT molecular complexity index is 1670. The summed E-state index contributed by atoms with van der Waals surface area (Å²) < 4.78 is 77.6. The van der Waals surface area contributed by atoms with Gasteiger partial charge in [-0.15, -0.1) is 5.54 Å². The van der Waals surface area contributed by atoms with Crippen molar-refractivity contribution < 1.29 is 51.4 Å². The molecule has 59 heavy (non-hydrogen) atoms. The van der Waals surface area contributed by atoms with E-state index in [4.69, 9.17) is 37.9 Å².